The van der Waals surface area contributed by atoms with Crippen LogP contribution in [0.3, 0.4) is 0 Å². The van der Waals surface area contributed by atoms with Gasteiger partial charge in [0.2, 0.25) is 0 Å². The Kier molecular flexibility index (Phi) is 5.78. The van der Waals surface area contributed by atoms with Gasteiger partial charge in [-0.1, -0.05) is 42.5 Å². The van der Waals surface area contributed by atoms with E-state index in [1.165, 1.54) is 23.4 Å². The van der Waals surface area contributed by atoms with Crippen molar-refractivity contribution in [2.45, 2.75) is 18.9 Å². The van der Waals surface area contributed by atoms with E-state index in [9.17, 15) is 9.59 Å². The van der Waals surface area contributed by atoms with Crippen LogP contribution in [-0.4, -0.2) is 54.3 Å². The van der Waals surface area contributed by atoms with Crippen LogP contribution in [0.15, 0.2) is 73.3 Å². The largest absolute Gasteiger partial charge is 0.383 e. The fraction of sp³-hybridized carbons (Fsp3) is 0.185. The quantitative estimate of drug-likeness (QED) is 0.358. The number of carbonyl (C=O) groups excluding carboxylic acids is 2. The number of nitrogens with two attached hydrogens (primary N) is 1. The van der Waals surface area contributed by atoms with Crippen LogP contribution >= 0.6 is 0 Å². The molecule has 1 aliphatic rings. The number of fused-ring (bicyclic) bond motifs is 1. The molecule has 0 aliphatic carbocycles. The maximum absolute atomic E-state index is 13.1. The first-order valence-electron chi connectivity index (χ1n) is 12.1. The Morgan fingerprint density at radius 1 is 0.919 bits per heavy atom. The first-order chi connectivity index (χ1) is 18.1. The van der Waals surface area contributed by atoms with Crippen LogP contribution in [0.2, 0.25) is 0 Å². The molecule has 0 unspecified atom stereocenters. The molecule has 1 saturated heterocycles. The van der Waals surface area contributed by atoms with Crippen molar-refractivity contribution in [1.82, 2.24) is 34.8 Å². The number of piperidine rings is 1. The fourth-order valence-electron chi connectivity index (χ4n) is 4.71. The molecule has 0 spiro atoms. The highest BCUT2D eigenvalue weighted by molar-refractivity contribution is 6.09. The number of benzene rings is 2. The predicted octanol–water partition coefficient (Wildman–Crippen LogP) is 3.12. The zero-order chi connectivity index (χ0) is 25.4. The highest BCUT2D eigenvalue weighted by Gasteiger charge is 2.24. The standard InChI is InChI=1S/C27H24N8O2/c28-25-22-23(33-35(26(22)31-16-30-25)21-10-12-29-13-11-21)17-6-8-18(9-7-17)24(36)20-14-32-34(15-20)27(37)19-4-2-1-3-5-19/h1-9,14-16,21,29H,10-13H2,(H2,28,30,31). The molecule has 10 nitrogen and oxygen atoms in total. The van der Waals surface area contributed by atoms with Crippen LogP contribution in [0.4, 0.5) is 5.82 Å². The highest BCUT2D eigenvalue weighted by atomic mass is 16.2. The molecule has 0 bridgehead atoms. The van der Waals surface area contributed by atoms with Gasteiger partial charge in [-0.25, -0.2) is 19.3 Å². The van der Waals surface area contributed by atoms with E-state index in [1.807, 2.05) is 22.9 Å². The Morgan fingerprint density at radius 3 is 2.43 bits per heavy atom. The summed E-state index contributed by atoms with van der Waals surface area (Å²) in [5, 5.41) is 13.1. The van der Waals surface area contributed by atoms with E-state index in [2.05, 4.69) is 20.4 Å². The van der Waals surface area contributed by atoms with Crippen LogP contribution < -0.4 is 11.1 Å². The third-order valence-electron chi connectivity index (χ3n) is 6.67. The third-order valence-corrected chi connectivity index (χ3v) is 6.67. The molecule has 3 aromatic heterocycles. The summed E-state index contributed by atoms with van der Waals surface area (Å²) in [4.78, 5) is 34.4. The van der Waals surface area contributed by atoms with Gasteiger partial charge in [0.25, 0.3) is 5.91 Å². The van der Waals surface area contributed by atoms with E-state index in [4.69, 9.17) is 10.8 Å². The normalized spacial score (nSPS) is 14.2. The first-order valence-corrected chi connectivity index (χ1v) is 12.1. The minimum atomic E-state index is -0.300. The summed E-state index contributed by atoms with van der Waals surface area (Å²) in [6.07, 6.45) is 6.23. The number of aromatic nitrogens is 6. The first kappa shape index (κ1) is 22.7. The van der Waals surface area contributed by atoms with Crippen molar-refractivity contribution in [3.05, 3.63) is 90.0 Å². The molecule has 4 heterocycles. The second-order valence-corrected chi connectivity index (χ2v) is 8.98. The number of rotatable bonds is 5. The van der Waals surface area contributed by atoms with Crippen LogP contribution in [0.1, 0.15) is 45.2 Å². The van der Waals surface area contributed by atoms with E-state index in [1.54, 1.807) is 36.4 Å². The van der Waals surface area contributed by atoms with Gasteiger partial charge in [0.15, 0.2) is 11.4 Å². The van der Waals surface area contributed by atoms with Crippen LogP contribution in [0.25, 0.3) is 22.3 Å². The van der Waals surface area contributed by atoms with Gasteiger partial charge in [0.05, 0.1) is 23.2 Å². The molecule has 1 fully saturated rings. The lowest BCUT2D eigenvalue weighted by atomic mass is 10.0. The minimum absolute atomic E-state index is 0.225. The zero-order valence-electron chi connectivity index (χ0n) is 19.9. The number of anilines is 1. The molecule has 0 saturated carbocycles. The molecule has 0 amide bonds. The Bertz CT molecular complexity index is 1600. The second-order valence-electron chi connectivity index (χ2n) is 8.98. The van der Waals surface area contributed by atoms with Crippen molar-refractivity contribution >= 4 is 28.5 Å². The molecule has 2 aromatic carbocycles. The molecule has 5 aromatic rings. The van der Waals surface area contributed by atoms with Gasteiger partial charge in [-0.3, -0.25) is 9.59 Å². The van der Waals surface area contributed by atoms with Crippen molar-refractivity contribution < 1.29 is 9.59 Å². The Balaban J connectivity index is 1.29. The van der Waals surface area contributed by atoms with Crippen molar-refractivity contribution in [3.8, 4) is 11.3 Å². The van der Waals surface area contributed by atoms with E-state index < -0.39 is 0 Å². The summed E-state index contributed by atoms with van der Waals surface area (Å²) in [5.74, 6) is -0.159. The van der Waals surface area contributed by atoms with Gasteiger partial charge in [-0.2, -0.15) is 10.2 Å². The van der Waals surface area contributed by atoms with E-state index in [-0.39, 0.29) is 17.7 Å². The number of carbonyl (C=O) groups is 2. The monoisotopic (exact) mass is 492 g/mol. The van der Waals surface area contributed by atoms with Crippen LogP contribution in [0.5, 0.6) is 0 Å². The number of nitrogen functional groups attached to an aromatic ring is 1. The molecular formula is C27H24N8O2. The fourth-order valence-corrected chi connectivity index (χ4v) is 4.71. The lowest BCUT2D eigenvalue weighted by Crippen LogP contribution is -2.30. The summed E-state index contributed by atoms with van der Waals surface area (Å²) in [6, 6.07) is 16.2. The summed E-state index contributed by atoms with van der Waals surface area (Å²) in [5.41, 5.74) is 9.76. The zero-order valence-corrected chi connectivity index (χ0v) is 19.9. The van der Waals surface area contributed by atoms with Crippen molar-refractivity contribution in [2.24, 2.45) is 0 Å². The topological polar surface area (TPSA) is 134 Å². The van der Waals surface area contributed by atoms with Crippen LogP contribution in [0, 0.1) is 0 Å². The molecule has 37 heavy (non-hydrogen) atoms. The number of nitrogens with zero attached hydrogens (tertiary/aromatic N) is 6. The average molecular weight is 493 g/mol. The SMILES string of the molecule is Nc1ncnc2c1c(-c1ccc(C(=O)c3cnn(C(=O)c4ccccc4)c3)cc1)nn2C1CCNCC1. The summed E-state index contributed by atoms with van der Waals surface area (Å²) in [7, 11) is 0. The van der Waals surface area contributed by atoms with Gasteiger partial charge in [0, 0.05) is 22.9 Å². The highest BCUT2D eigenvalue weighted by Crippen LogP contribution is 2.33. The van der Waals surface area contributed by atoms with Gasteiger partial charge in [-0.05, 0) is 38.1 Å². The number of hydrogen-bond donors (Lipinski definition) is 2. The molecule has 184 valence electrons. The lowest BCUT2D eigenvalue weighted by molar-refractivity contribution is 0.0945. The lowest BCUT2D eigenvalue weighted by Gasteiger charge is -2.23. The summed E-state index contributed by atoms with van der Waals surface area (Å²) in [6.45, 7) is 1.85. The minimum Gasteiger partial charge on any atom is -0.383 e. The number of nitrogens with one attached hydrogen (secondary N) is 1. The van der Waals surface area contributed by atoms with E-state index >= 15 is 0 Å². The van der Waals surface area contributed by atoms with Gasteiger partial charge >= 0.3 is 0 Å². The molecule has 6 rings (SSSR count). The van der Waals surface area contributed by atoms with E-state index in [0.717, 1.165) is 31.5 Å². The van der Waals surface area contributed by atoms with Crippen LogP contribution in [-0.2, 0) is 0 Å². The molecule has 3 N–H and O–H groups in total. The smallest absolute Gasteiger partial charge is 0.278 e. The van der Waals surface area contributed by atoms with Gasteiger partial charge < -0.3 is 11.1 Å². The Hall–Kier alpha value is -4.70. The average Bonchev–Trinajstić information content (AvgIpc) is 3.60. The Labute approximate surface area is 212 Å². The second kappa shape index (κ2) is 9.40. The van der Waals surface area contributed by atoms with Crippen molar-refractivity contribution in [2.75, 3.05) is 18.8 Å². The molecule has 0 atom stereocenters. The Morgan fingerprint density at radius 2 is 1.68 bits per heavy atom. The van der Waals surface area contributed by atoms with Gasteiger partial charge in [-0.15, -0.1) is 0 Å². The maximum atomic E-state index is 13.1. The van der Waals surface area contributed by atoms with Crippen molar-refractivity contribution in [1.29, 1.82) is 0 Å². The van der Waals surface area contributed by atoms with E-state index in [0.29, 0.717) is 39.2 Å². The summed E-state index contributed by atoms with van der Waals surface area (Å²) < 4.78 is 3.14. The molecule has 10 heteroatoms. The molecule has 0 radical (unpaired) electrons. The molecular weight excluding hydrogens is 468 g/mol. The maximum Gasteiger partial charge on any atom is 0.278 e. The van der Waals surface area contributed by atoms with Gasteiger partial charge in [0.1, 0.15) is 17.8 Å². The summed E-state index contributed by atoms with van der Waals surface area (Å²) >= 11 is 0. The van der Waals surface area contributed by atoms with Crippen molar-refractivity contribution in [3.63, 3.8) is 0 Å². The third kappa shape index (κ3) is 4.17. The molecule has 1 aliphatic heterocycles. The number of ketones is 1. The predicted molar refractivity (Wildman–Crippen MR) is 138 cm³/mol. The number of hydrogen-bond acceptors (Lipinski definition) is 8.